The van der Waals surface area contributed by atoms with E-state index in [1.807, 2.05) is 30.3 Å². The number of allylic oxidation sites excluding steroid dienone is 2. The molecule has 30 heavy (non-hydrogen) atoms. The van der Waals surface area contributed by atoms with Crippen LogP contribution in [0.1, 0.15) is 51.3 Å². The Morgan fingerprint density at radius 1 is 0.633 bits per heavy atom. The number of aliphatic hydroxyl groups is 2. The number of rotatable bonds is 9. The van der Waals surface area contributed by atoms with E-state index in [9.17, 15) is 10.2 Å². The third-order valence-corrected chi connectivity index (χ3v) is 6.08. The summed E-state index contributed by atoms with van der Waals surface area (Å²) in [6.45, 7) is 14.5. The van der Waals surface area contributed by atoms with Gasteiger partial charge in [-0.05, 0) is 75.1 Å². The van der Waals surface area contributed by atoms with E-state index in [1.54, 1.807) is 0 Å². The molecule has 4 heteroatoms. The zero-order valence-electron chi connectivity index (χ0n) is 18.9. The van der Waals surface area contributed by atoms with Crippen LogP contribution in [0.25, 0.3) is 11.1 Å². The lowest BCUT2D eigenvalue weighted by atomic mass is 9.83. The highest BCUT2D eigenvalue weighted by molar-refractivity contribution is 6.06. The molecule has 1 aliphatic rings. The van der Waals surface area contributed by atoms with Gasteiger partial charge in [0.05, 0.1) is 11.1 Å². The standard InChI is InChI=1S/C26H34N2O2/c1-6-18-17-20(13-16-22(18)28(9-4)10-5)24-25(29)23(26(24)30)19-11-14-21(15-12-19)27(7-2)8-3/h11-17,29-30H,6-10H2,1-5H3. The Kier molecular flexibility index (Phi) is 6.76. The van der Waals surface area contributed by atoms with Crippen LogP contribution in [-0.2, 0) is 6.42 Å². The maximum absolute atomic E-state index is 10.8. The van der Waals surface area contributed by atoms with Crippen LogP contribution in [0.15, 0.2) is 54.0 Å². The van der Waals surface area contributed by atoms with Gasteiger partial charge in [0.15, 0.2) is 0 Å². The minimum absolute atomic E-state index is 0.167. The molecule has 0 saturated carbocycles. The Morgan fingerprint density at radius 3 is 1.63 bits per heavy atom. The number of aliphatic hydroxyl groups excluding tert-OH is 2. The van der Waals surface area contributed by atoms with Gasteiger partial charge in [-0.15, -0.1) is 0 Å². The Bertz CT molecular complexity index is 949. The molecule has 0 aliphatic heterocycles. The van der Waals surface area contributed by atoms with E-state index in [0.717, 1.165) is 49.4 Å². The normalized spacial score (nSPS) is 13.5. The number of hydrogen-bond donors (Lipinski definition) is 2. The van der Waals surface area contributed by atoms with Crippen molar-refractivity contribution in [2.24, 2.45) is 0 Å². The molecule has 0 atom stereocenters. The van der Waals surface area contributed by atoms with Crippen LogP contribution in [0.5, 0.6) is 0 Å². The molecular weight excluding hydrogens is 372 g/mol. The first kappa shape index (κ1) is 21.8. The highest BCUT2D eigenvalue weighted by Crippen LogP contribution is 2.45. The number of nitrogens with zero attached hydrogens (tertiary/aromatic N) is 2. The summed E-state index contributed by atoms with van der Waals surface area (Å²) >= 11 is 0. The smallest absolute Gasteiger partial charge is 0.138 e. The Balaban J connectivity index is 1.89. The number of anilines is 2. The van der Waals surface area contributed by atoms with Crippen molar-refractivity contribution in [2.45, 2.75) is 41.0 Å². The molecule has 0 heterocycles. The second-order valence-electron chi connectivity index (χ2n) is 7.54. The van der Waals surface area contributed by atoms with Gasteiger partial charge >= 0.3 is 0 Å². The van der Waals surface area contributed by atoms with Crippen LogP contribution in [0.4, 0.5) is 11.4 Å². The molecule has 2 aromatic rings. The quantitative estimate of drug-likeness (QED) is 0.521. The number of hydrogen-bond acceptors (Lipinski definition) is 4. The fraction of sp³-hybridized carbons (Fsp3) is 0.385. The van der Waals surface area contributed by atoms with Gasteiger partial charge < -0.3 is 20.0 Å². The van der Waals surface area contributed by atoms with Crippen molar-refractivity contribution < 1.29 is 10.2 Å². The van der Waals surface area contributed by atoms with Crippen LogP contribution in [0, 0.1) is 0 Å². The summed E-state index contributed by atoms with van der Waals surface area (Å²) in [7, 11) is 0. The second kappa shape index (κ2) is 9.29. The average Bonchev–Trinajstić information content (AvgIpc) is 2.77. The maximum Gasteiger partial charge on any atom is 0.138 e. The first-order valence-electron chi connectivity index (χ1n) is 11.1. The molecule has 0 fully saturated rings. The average molecular weight is 407 g/mol. The SMILES string of the molecule is CCc1cc(C2=C(O)C(c3ccc(N(CC)CC)cc3)=C2O)ccc1N(CC)CC. The third-order valence-electron chi connectivity index (χ3n) is 6.08. The molecule has 0 spiro atoms. The van der Waals surface area contributed by atoms with Gasteiger partial charge in [-0.25, -0.2) is 0 Å². The summed E-state index contributed by atoms with van der Waals surface area (Å²) in [4.78, 5) is 4.60. The lowest BCUT2D eigenvalue weighted by Crippen LogP contribution is -2.23. The van der Waals surface area contributed by atoms with E-state index in [4.69, 9.17) is 0 Å². The first-order chi connectivity index (χ1) is 14.5. The highest BCUT2D eigenvalue weighted by Gasteiger charge is 2.31. The molecule has 0 radical (unpaired) electrons. The van der Waals surface area contributed by atoms with Crippen molar-refractivity contribution >= 4 is 22.5 Å². The predicted octanol–water partition coefficient (Wildman–Crippen LogP) is 6.19. The van der Waals surface area contributed by atoms with Gasteiger partial charge in [-0.3, -0.25) is 0 Å². The summed E-state index contributed by atoms with van der Waals surface area (Å²) in [6, 6.07) is 14.2. The van der Waals surface area contributed by atoms with Gasteiger partial charge in [0.2, 0.25) is 0 Å². The molecule has 0 unspecified atom stereocenters. The largest absolute Gasteiger partial charge is 0.506 e. The zero-order chi connectivity index (χ0) is 21.8. The summed E-state index contributed by atoms with van der Waals surface area (Å²) in [6.07, 6.45) is 0.901. The third kappa shape index (κ3) is 3.79. The fourth-order valence-electron chi connectivity index (χ4n) is 4.28. The van der Waals surface area contributed by atoms with Crippen LogP contribution in [0.2, 0.25) is 0 Å². The number of benzene rings is 2. The van der Waals surface area contributed by atoms with Gasteiger partial charge in [0.25, 0.3) is 0 Å². The molecule has 1 aliphatic carbocycles. The minimum atomic E-state index is 0.167. The van der Waals surface area contributed by atoms with Crippen molar-refractivity contribution in [3.05, 3.63) is 70.7 Å². The molecule has 2 N–H and O–H groups in total. The fourth-order valence-corrected chi connectivity index (χ4v) is 4.28. The topological polar surface area (TPSA) is 46.9 Å². The molecule has 2 aromatic carbocycles. The van der Waals surface area contributed by atoms with Gasteiger partial charge in [0, 0.05) is 37.6 Å². The lowest BCUT2D eigenvalue weighted by molar-refractivity contribution is 0.390. The molecule has 0 bridgehead atoms. The van der Waals surface area contributed by atoms with Crippen LogP contribution in [-0.4, -0.2) is 36.4 Å². The van der Waals surface area contributed by atoms with Gasteiger partial charge in [0.1, 0.15) is 11.5 Å². The molecule has 3 rings (SSSR count). The van der Waals surface area contributed by atoms with E-state index >= 15 is 0 Å². The molecule has 0 aromatic heterocycles. The summed E-state index contributed by atoms with van der Waals surface area (Å²) < 4.78 is 0. The molecular formula is C26H34N2O2. The van der Waals surface area contributed by atoms with E-state index < -0.39 is 0 Å². The van der Waals surface area contributed by atoms with Crippen molar-refractivity contribution in [2.75, 3.05) is 36.0 Å². The van der Waals surface area contributed by atoms with E-state index in [2.05, 4.69) is 56.6 Å². The van der Waals surface area contributed by atoms with Gasteiger partial charge in [-0.1, -0.05) is 25.1 Å². The highest BCUT2D eigenvalue weighted by atomic mass is 16.3. The molecule has 160 valence electrons. The van der Waals surface area contributed by atoms with Crippen LogP contribution in [0.3, 0.4) is 0 Å². The lowest BCUT2D eigenvalue weighted by Gasteiger charge is -2.27. The summed E-state index contributed by atoms with van der Waals surface area (Å²) in [5, 5.41) is 21.6. The van der Waals surface area contributed by atoms with Crippen LogP contribution < -0.4 is 9.80 Å². The van der Waals surface area contributed by atoms with Crippen molar-refractivity contribution in [3.63, 3.8) is 0 Å². The van der Waals surface area contributed by atoms with E-state index in [-0.39, 0.29) is 11.5 Å². The minimum Gasteiger partial charge on any atom is -0.506 e. The summed E-state index contributed by atoms with van der Waals surface area (Å²) in [5.41, 5.74) is 6.36. The zero-order valence-corrected chi connectivity index (χ0v) is 18.9. The molecule has 0 amide bonds. The Hall–Kier alpha value is -2.88. The first-order valence-corrected chi connectivity index (χ1v) is 11.1. The molecule has 4 nitrogen and oxygen atoms in total. The predicted molar refractivity (Wildman–Crippen MR) is 128 cm³/mol. The second-order valence-corrected chi connectivity index (χ2v) is 7.54. The Labute approximate surface area is 180 Å². The summed E-state index contributed by atoms with van der Waals surface area (Å²) in [5.74, 6) is 0.335. The van der Waals surface area contributed by atoms with Crippen molar-refractivity contribution in [1.29, 1.82) is 0 Å². The number of aryl methyl sites for hydroxylation is 1. The van der Waals surface area contributed by atoms with Crippen molar-refractivity contribution in [3.8, 4) is 0 Å². The van der Waals surface area contributed by atoms with Gasteiger partial charge in [-0.2, -0.15) is 0 Å². The monoisotopic (exact) mass is 406 g/mol. The van der Waals surface area contributed by atoms with Crippen molar-refractivity contribution in [1.82, 2.24) is 0 Å². The van der Waals surface area contributed by atoms with E-state index in [0.29, 0.717) is 11.1 Å². The van der Waals surface area contributed by atoms with Crippen LogP contribution >= 0.6 is 0 Å². The van der Waals surface area contributed by atoms with E-state index in [1.165, 1.54) is 11.3 Å². The maximum atomic E-state index is 10.8. The molecule has 0 saturated heterocycles. The Morgan fingerprint density at radius 2 is 1.13 bits per heavy atom.